The van der Waals surface area contributed by atoms with Crippen molar-refractivity contribution in [3.63, 3.8) is 0 Å². The summed E-state index contributed by atoms with van der Waals surface area (Å²) in [6.45, 7) is 1.87. The van der Waals surface area contributed by atoms with Crippen molar-refractivity contribution < 1.29 is 4.79 Å². The summed E-state index contributed by atoms with van der Waals surface area (Å²) in [6.07, 6.45) is 4.05. The van der Waals surface area contributed by atoms with Gasteiger partial charge in [0.15, 0.2) is 0 Å². The molecule has 4 aromatic rings. The molecule has 5 rings (SSSR count). The van der Waals surface area contributed by atoms with Crippen LogP contribution in [0.4, 0.5) is 11.5 Å². The first-order valence-electron chi connectivity index (χ1n) is 9.74. The summed E-state index contributed by atoms with van der Waals surface area (Å²) in [5, 5.41) is 6.91. The van der Waals surface area contributed by atoms with Gasteiger partial charge in [-0.15, -0.1) is 11.3 Å². The SMILES string of the molecule is O=C(Nc1cccc(-c2nccs2)c1)c1cc2ccccc2nc1N1CCCC1. The van der Waals surface area contributed by atoms with E-state index in [9.17, 15) is 4.79 Å². The van der Waals surface area contributed by atoms with Crippen molar-refractivity contribution in [1.29, 1.82) is 0 Å². The third-order valence-corrected chi connectivity index (χ3v) is 5.98. The molecule has 0 spiro atoms. The number of thiazole rings is 1. The first kappa shape index (κ1) is 17.8. The van der Waals surface area contributed by atoms with Crippen molar-refractivity contribution in [2.75, 3.05) is 23.3 Å². The average molecular weight is 401 g/mol. The number of rotatable bonds is 4. The Bertz CT molecular complexity index is 1170. The van der Waals surface area contributed by atoms with E-state index in [4.69, 9.17) is 4.98 Å². The first-order valence-corrected chi connectivity index (χ1v) is 10.6. The Labute approximate surface area is 173 Å². The number of para-hydroxylation sites is 1. The highest BCUT2D eigenvalue weighted by molar-refractivity contribution is 7.13. The van der Waals surface area contributed by atoms with Crippen LogP contribution in [0.1, 0.15) is 23.2 Å². The van der Waals surface area contributed by atoms with E-state index >= 15 is 0 Å². The number of fused-ring (bicyclic) bond motifs is 1. The van der Waals surface area contributed by atoms with Gasteiger partial charge < -0.3 is 10.2 Å². The number of aromatic nitrogens is 2. The van der Waals surface area contributed by atoms with Crippen LogP contribution in [-0.4, -0.2) is 29.0 Å². The minimum Gasteiger partial charge on any atom is -0.356 e. The molecule has 0 aliphatic carbocycles. The molecule has 5 nitrogen and oxygen atoms in total. The Morgan fingerprint density at radius 2 is 1.90 bits per heavy atom. The fraction of sp³-hybridized carbons (Fsp3) is 0.174. The number of nitrogens with one attached hydrogen (secondary N) is 1. The van der Waals surface area contributed by atoms with Gasteiger partial charge in [0.1, 0.15) is 10.8 Å². The Morgan fingerprint density at radius 1 is 1.03 bits per heavy atom. The number of nitrogens with zero attached hydrogens (tertiary/aromatic N) is 3. The molecule has 1 aliphatic rings. The summed E-state index contributed by atoms with van der Waals surface area (Å²) in [7, 11) is 0. The molecule has 0 saturated carbocycles. The molecule has 3 heterocycles. The summed E-state index contributed by atoms with van der Waals surface area (Å²) in [5.41, 5.74) is 3.28. The van der Waals surface area contributed by atoms with E-state index in [0.29, 0.717) is 5.56 Å². The maximum absolute atomic E-state index is 13.2. The summed E-state index contributed by atoms with van der Waals surface area (Å²) in [4.78, 5) is 24.6. The van der Waals surface area contributed by atoms with Crippen LogP contribution < -0.4 is 10.2 Å². The van der Waals surface area contributed by atoms with Crippen molar-refractivity contribution in [1.82, 2.24) is 9.97 Å². The maximum Gasteiger partial charge on any atom is 0.259 e. The van der Waals surface area contributed by atoms with Gasteiger partial charge in [0, 0.05) is 41.3 Å². The normalized spacial score (nSPS) is 13.7. The Balaban J connectivity index is 1.50. The second kappa shape index (κ2) is 7.64. The topological polar surface area (TPSA) is 58.1 Å². The van der Waals surface area contributed by atoms with Crippen molar-refractivity contribution in [3.8, 4) is 10.6 Å². The molecule has 2 aromatic heterocycles. The van der Waals surface area contributed by atoms with Crippen LogP contribution in [0.3, 0.4) is 0 Å². The average Bonchev–Trinajstić information content (AvgIpc) is 3.47. The van der Waals surface area contributed by atoms with Gasteiger partial charge in [-0.3, -0.25) is 4.79 Å². The lowest BCUT2D eigenvalue weighted by atomic mass is 10.1. The molecule has 144 valence electrons. The molecule has 2 aromatic carbocycles. The molecule has 6 heteroatoms. The quantitative estimate of drug-likeness (QED) is 0.511. The smallest absolute Gasteiger partial charge is 0.259 e. The molecule has 29 heavy (non-hydrogen) atoms. The Kier molecular flexibility index (Phi) is 4.69. The summed E-state index contributed by atoms with van der Waals surface area (Å²) in [5.74, 6) is 0.635. The van der Waals surface area contributed by atoms with Crippen LogP contribution in [0.15, 0.2) is 66.2 Å². The molecular formula is C23H20N4OS. The number of anilines is 2. The van der Waals surface area contributed by atoms with Gasteiger partial charge in [0.05, 0.1) is 11.1 Å². The van der Waals surface area contributed by atoms with E-state index in [1.54, 1.807) is 17.5 Å². The van der Waals surface area contributed by atoms with Gasteiger partial charge in [-0.25, -0.2) is 9.97 Å². The molecule has 0 atom stereocenters. The number of hydrogen-bond acceptors (Lipinski definition) is 5. The highest BCUT2D eigenvalue weighted by atomic mass is 32.1. The van der Waals surface area contributed by atoms with Gasteiger partial charge in [-0.05, 0) is 37.1 Å². The highest BCUT2D eigenvalue weighted by Gasteiger charge is 2.22. The number of carbonyl (C=O) groups is 1. The lowest BCUT2D eigenvalue weighted by Crippen LogP contribution is -2.24. The first-order chi connectivity index (χ1) is 14.3. The molecule has 1 amide bonds. The van der Waals surface area contributed by atoms with Crippen LogP contribution in [0.2, 0.25) is 0 Å². The molecular weight excluding hydrogens is 380 g/mol. The maximum atomic E-state index is 13.2. The van der Waals surface area contributed by atoms with E-state index in [-0.39, 0.29) is 5.91 Å². The molecule has 1 aliphatic heterocycles. The summed E-state index contributed by atoms with van der Waals surface area (Å²) in [6, 6.07) is 17.7. The zero-order valence-corrected chi connectivity index (χ0v) is 16.7. The van der Waals surface area contributed by atoms with Gasteiger partial charge in [0.2, 0.25) is 0 Å². The van der Waals surface area contributed by atoms with E-state index in [0.717, 1.165) is 58.9 Å². The number of pyridine rings is 1. The van der Waals surface area contributed by atoms with Crippen LogP contribution >= 0.6 is 11.3 Å². The predicted octanol–water partition coefficient (Wildman–Crippen LogP) is 5.21. The van der Waals surface area contributed by atoms with E-state index < -0.39 is 0 Å². The largest absolute Gasteiger partial charge is 0.356 e. The molecule has 1 fully saturated rings. The lowest BCUT2D eigenvalue weighted by Gasteiger charge is -2.20. The second-order valence-corrected chi connectivity index (χ2v) is 8.01. The van der Waals surface area contributed by atoms with E-state index in [2.05, 4.69) is 15.2 Å². The lowest BCUT2D eigenvalue weighted by molar-refractivity contribution is 0.102. The third kappa shape index (κ3) is 3.59. The minimum atomic E-state index is -0.138. The highest BCUT2D eigenvalue weighted by Crippen LogP contribution is 2.28. The Morgan fingerprint density at radius 3 is 2.72 bits per heavy atom. The minimum absolute atomic E-state index is 0.138. The van der Waals surface area contributed by atoms with Crippen LogP contribution in [0.25, 0.3) is 21.5 Å². The van der Waals surface area contributed by atoms with Crippen molar-refractivity contribution >= 4 is 39.7 Å². The monoisotopic (exact) mass is 400 g/mol. The number of hydrogen-bond donors (Lipinski definition) is 1. The van der Waals surface area contributed by atoms with Gasteiger partial charge >= 0.3 is 0 Å². The fourth-order valence-electron chi connectivity index (χ4n) is 3.74. The molecule has 0 unspecified atom stereocenters. The second-order valence-electron chi connectivity index (χ2n) is 7.12. The molecule has 1 N–H and O–H groups in total. The number of benzene rings is 2. The van der Waals surface area contributed by atoms with Crippen LogP contribution in [0, 0.1) is 0 Å². The molecule has 0 bridgehead atoms. The Hall–Kier alpha value is -3.25. The standard InChI is InChI=1S/C23H20N4OS/c28-22(25-18-8-5-7-17(14-18)23-24-10-13-29-23)19-15-16-6-1-2-9-20(16)26-21(19)27-11-3-4-12-27/h1-2,5-10,13-15H,3-4,11-12H2,(H,25,28). The summed E-state index contributed by atoms with van der Waals surface area (Å²) < 4.78 is 0. The van der Waals surface area contributed by atoms with Gasteiger partial charge in [-0.2, -0.15) is 0 Å². The van der Waals surface area contributed by atoms with Crippen LogP contribution in [-0.2, 0) is 0 Å². The van der Waals surface area contributed by atoms with Crippen molar-refractivity contribution in [3.05, 3.63) is 71.7 Å². The van der Waals surface area contributed by atoms with Gasteiger partial charge in [-0.1, -0.05) is 30.3 Å². The van der Waals surface area contributed by atoms with Crippen molar-refractivity contribution in [2.45, 2.75) is 12.8 Å². The molecule has 1 saturated heterocycles. The van der Waals surface area contributed by atoms with E-state index in [1.165, 1.54) is 0 Å². The van der Waals surface area contributed by atoms with Crippen molar-refractivity contribution in [2.24, 2.45) is 0 Å². The zero-order chi connectivity index (χ0) is 19.6. The number of carbonyl (C=O) groups excluding carboxylic acids is 1. The molecule has 0 radical (unpaired) electrons. The third-order valence-electron chi connectivity index (χ3n) is 5.15. The number of amides is 1. The fourth-order valence-corrected chi connectivity index (χ4v) is 4.37. The van der Waals surface area contributed by atoms with Crippen LogP contribution in [0.5, 0.6) is 0 Å². The zero-order valence-electron chi connectivity index (χ0n) is 15.8. The van der Waals surface area contributed by atoms with E-state index in [1.807, 2.05) is 60.0 Å². The summed E-state index contributed by atoms with van der Waals surface area (Å²) >= 11 is 1.58. The van der Waals surface area contributed by atoms with Gasteiger partial charge in [0.25, 0.3) is 5.91 Å². The predicted molar refractivity (Wildman–Crippen MR) is 119 cm³/mol.